The normalized spacial score (nSPS) is 13.4. The maximum Gasteiger partial charge on any atom is 0.0708 e. The summed E-state index contributed by atoms with van der Waals surface area (Å²) >= 11 is 0. The fraction of sp³-hybridized carbons (Fsp3) is 0.0556. The lowest BCUT2D eigenvalue weighted by Crippen LogP contribution is -1.86. The predicted octanol–water partition coefficient (Wildman–Crippen LogP) is 4.72. The van der Waals surface area contributed by atoms with Gasteiger partial charge in [-0.3, -0.25) is 4.98 Å². The van der Waals surface area contributed by atoms with E-state index in [0.717, 1.165) is 22.4 Å². The lowest BCUT2D eigenvalue weighted by Gasteiger charge is -2.05. The Kier molecular flexibility index (Phi) is 2.31. The van der Waals surface area contributed by atoms with Crippen molar-refractivity contribution in [3.63, 3.8) is 0 Å². The molecule has 0 amide bonds. The van der Waals surface area contributed by atoms with Crippen molar-refractivity contribution in [1.82, 2.24) is 4.98 Å². The summed E-state index contributed by atoms with van der Waals surface area (Å²) in [6, 6.07) is 20.9. The van der Waals surface area contributed by atoms with Crippen LogP contribution >= 0.6 is 0 Å². The predicted molar refractivity (Wildman–Crippen MR) is 79.8 cm³/mol. The first-order valence-electron chi connectivity index (χ1n) is 7.66. The average Bonchev–Trinajstić information content (AvgIpc) is 2.55. The number of nitrogens with zero attached hydrogens (tertiary/aromatic N) is 1. The SMILES string of the molecule is [2H]C([2H])([2H])c1cccc(-c2cc(-c3ccccc3)ccn2)c1. The van der Waals surface area contributed by atoms with E-state index in [-0.39, 0.29) is 0 Å². The van der Waals surface area contributed by atoms with Crippen LogP contribution in [0.3, 0.4) is 0 Å². The molecule has 2 aromatic carbocycles. The number of pyridine rings is 1. The third kappa shape index (κ3) is 2.55. The van der Waals surface area contributed by atoms with Gasteiger partial charge < -0.3 is 0 Å². The standard InChI is InChI=1S/C18H15N/c1-14-6-5-9-17(12-14)18-13-16(10-11-19-18)15-7-3-2-4-8-15/h2-13H,1H3/i1D3. The van der Waals surface area contributed by atoms with E-state index in [1.54, 1.807) is 24.4 Å². The van der Waals surface area contributed by atoms with Crippen LogP contribution in [0.25, 0.3) is 22.4 Å². The lowest BCUT2D eigenvalue weighted by atomic mass is 10.0. The topological polar surface area (TPSA) is 12.9 Å². The highest BCUT2D eigenvalue weighted by Gasteiger charge is 2.02. The van der Waals surface area contributed by atoms with Gasteiger partial charge in [0.1, 0.15) is 0 Å². The van der Waals surface area contributed by atoms with Crippen LogP contribution in [0.5, 0.6) is 0 Å². The van der Waals surface area contributed by atoms with Crippen molar-refractivity contribution in [2.24, 2.45) is 0 Å². The zero-order valence-corrected chi connectivity index (χ0v) is 10.4. The van der Waals surface area contributed by atoms with Crippen LogP contribution < -0.4 is 0 Å². The van der Waals surface area contributed by atoms with Crippen LogP contribution in [0.4, 0.5) is 0 Å². The molecule has 0 unspecified atom stereocenters. The van der Waals surface area contributed by atoms with Crippen molar-refractivity contribution < 1.29 is 4.11 Å². The van der Waals surface area contributed by atoms with Crippen molar-refractivity contribution in [2.75, 3.05) is 0 Å². The Balaban J connectivity index is 2.03. The average molecular weight is 248 g/mol. The summed E-state index contributed by atoms with van der Waals surface area (Å²) in [5.41, 5.74) is 4.08. The molecule has 92 valence electrons. The van der Waals surface area contributed by atoms with Crippen LogP contribution in [-0.4, -0.2) is 4.98 Å². The van der Waals surface area contributed by atoms with E-state index >= 15 is 0 Å². The molecular formula is C18H15N. The fourth-order valence-electron chi connectivity index (χ4n) is 2.08. The Labute approximate surface area is 117 Å². The molecule has 0 bridgehead atoms. The smallest absolute Gasteiger partial charge is 0.0708 e. The number of aromatic nitrogens is 1. The van der Waals surface area contributed by atoms with E-state index in [4.69, 9.17) is 4.11 Å². The van der Waals surface area contributed by atoms with Gasteiger partial charge in [-0.05, 0) is 36.2 Å². The van der Waals surface area contributed by atoms with Gasteiger partial charge in [0.05, 0.1) is 5.69 Å². The number of rotatable bonds is 2. The molecule has 0 spiro atoms. The zero-order chi connectivity index (χ0) is 15.6. The molecule has 0 radical (unpaired) electrons. The molecule has 0 saturated heterocycles. The summed E-state index contributed by atoms with van der Waals surface area (Å²) in [6.07, 6.45) is 1.75. The molecule has 0 saturated carbocycles. The Morgan fingerprint density at radius 2 is 1.63 bits per heavy atom. The summed E-state index contributed by atoms with van der Waals surface area (Å²) in [5, 5.41) is 0. The summed E-state index contributed by atoms with van der Waals surface area (Å²) in [5.74, 6) is 0. The highest BCUT2D eigenvalue weighted by molar-refractivity contribution is 5.70. The van der Waals surface area contributed by atoms with Gasteiger partial charge >= 0.3 is 0 Å². The molecule has 0 aliphatic heterocycles. The minimum Gasteiger partial charge on any atom is -0.256 e. The van der Waals surface area contributed by atoms with E-state index in [1.165, 1.54) is 0 Å². The molecule has 1 nitrogen and oxygen atoms in total. The van der Waals surface area contributed by atoms with E-state index in [0.29, 0.717) is 5.56 Å². The molecule has 0 atom stereocenters. The highest BCUT2D eigenvalue weighted by atomic mass is 14.7. The number of aryl methyl sites for hydroxylation is 1. The lowest BCUT2D eigenvalue weighted by molar-refractivity contribution is 1.32. The molecule has 0 aliphatic rings. The van der Waals surface area contributed by atoms with Gasteiger partial charge in [0.2, 0.25) is 0 Å². The fourth-order valence-corrected chi connectivity index (χ4v) is 2.08. The Morgan fingerprint density at radius 3 is 2.47 bits per heavy atom. The van der Waals surface area contributed by atoms with Gasteiger partial charge in [-0.25, -0.2) is 0 Å². The van der Waals surface area contributed by atoms with Gasteiger partial charge in [-0.2, -0.15) is 0 Å². The van der Waals surface area contributed by atoms with Crippen molar-refractivity contribution in [3.05, 3.63) is 78.5 Å². The van der Waals surface area contributed by atoms with Crippen LogP contribution in [-0.2, 0) is 0 Å². The van der Waals surface area contributed by atoms with Gasteiger partial charge in [0.15, 0.2) is 0 Å². The molecule has 19 heavy (non-hydrogen) atoms. The molecule has 3 rings (SSSR count). The molecular weight excluding hydrogens is 230 g/mol. The summed E-state index contributed by atoms with van der Waals surface area (Å²) in [7, 11) is 0. The van der Waals surface area contributed by atoms with E-state index in [1.807, 2.05) is 48.5 Å². The number of benzene rings is 2. The van der Waals surface area contributed by atoms with Crippen LogP contribution in [0.15, 0.2) is 72.9 Å². The molecule has 3 aromatic rings. The second-order valence-corrected chi connectivity index (χ2v) is 4.38. The van der Waals surface area contributed by atoms with Gasteiger partial charge in [0, 0.05) is 15.9 Å². The largest absolute Gasteiger partial charge is 0.256 e. The third-order valence-corrected chi connectivity index (χ3v) is 3.03. The summed E-state index contributed by atoms with van der Waals surface area (Å²) in [6.45, 7) is -2.10. The first-order chi connectivity index (χ1) is 10.5. The minimum absolute atomic E-state index is 0.330. The van der Waals surface area contributed by atoms with Crippen LogP contribution in [0.1, 0.15) is 9.68 Å². The molecule has 1 heterocycles. The van der Waals surface area contributed by atoms with Crippen molar-refractivity contribution in [3.8, 4) is 22.4 Å². The second-order valence-electron chi connectivity index (χ2n) is 4.38. The van der Waals surface area contributed by atoms with E-state index in [9.17, 15) is 0 Å². The molecule has 1 heteroatoms. The maximum atomic E-state index is 7.52. The van der Waals surface area contributed by atoms with E-state index < -0.39 is 6.85 Å². The Hall–Kier alpha value is -2.41. The van der Waals surface area contributed by atoms with E-state index in [2.05, 4.69) is 4.98 Å². The molecule has 0 aliphatic carbocycles. The first kappa shape index (κ1) is 8.65. The van der Waals surface area contributed by atoms with Crippen molar-refractivity contribution in [1.29, 1.82) is 0 Å². The first-order valence-corrected chi connectivity index (χ1v) is 6.16. The minimum atomic E-state index is -2.10. The number of hydrogen-bond donors (Lipinski definition) is 0. The zero-order valence-electron chi connectivity index (χ0n) is 13.4. The van der Waals surface area contributed by atoms with Crippen molar-refractivity contribution in [2.45, 2.75) is 6.85 Å². The molecule has 0 fully saturated rings. The quantitative estimate of drug-likeness (QED) is 0.639. The molecule has 1 aromatic heterocycles. The van der Waals surface area contributed by atoms with Crippen molar-refractivity contribution >= 4 is 0 Å². The molecule has 0 N–H and O–H groups in total. The summed E-state index contributed by atoms with van der Waals surface area (Å²) in [4.78, 5) is 4.37. The van der Waals surface area contributed by atoms with Gasteiger partial charge in [-0.1, -0.05) is 54.1 Å². The summed E-state index contributed by atoms with van der Waals surface area (Å²) < 4.78 is 22.6. The van der Waals surface area contributed by atoms with Crippen LogP contribution in [0.2, 0.25) is 0 Å². The monoisotopic (exact) mass is 248 g/mol. The second kappa shape index (κ2) is 5.07. The Morgan fingerprint density at radius 1 is 0.789 bits per heavy atom. The van der Waals surface area contributed by atoms with Gasteiger partial charge in [-0.15, -0.1) is 0 Å². The van der Waals surface area contributed by atoms with Gasteiger partial charge in [0.25, 0.3) is 0 Å². The highest BCUT2D eigenvalue weighted by Crippen LogP contribution is 2.24. The maximum absolute atomic E-state index is 7.52. The Bertz CT molecular complexity index is 780. The number of hydrogen-bond acceptors (Lipinski definition) is 1. The third-order valence-electron chi connectivity index (χ3n) is 3.03. The van der Waals surface area contributed by atoms with Crippen LogP contribution in [0, 0.1) is 6.85 Å².